The maximum absolute atomic E-state index is 12.7. The molecular weight excluding hydrogens is 333 g/mol. The van der Waals surface area contributed by atoms with Crippen molar-refractivity contribution >= 4 is 0 Å². The van der Waals surface area contributed by atoms with Gasteiger partial charge in [0.2, 0.25) is 0 Å². The van der Waals surface area contributed by atoms with Crippen LogP contribution in [0.2, 0.25) is 0 Å². The monoisotopic (exact) mass is 346 g/mol. The number of nitrogens with zero attached hydrogens (tertiary/aromatic N) is 2. The third kappa shape index (κ3) is 3.40. The van der Waals surface area contributed by atoms with E-state index in [2.05, 4.69) is 4.98 Å². The Morgan fingerprint density at radius 3 is 2.24 bits per heavy atom. The lowest BCUT2D eigenvalue weighted by Gasteiger charge is -2.11. The molecule has 0 saturated heterocycles. The van der Waals surface area contributed by atoms with Gasteiger partial charge in [0.15, 0.2) is 5.69 Å². The standard InChI is InChI=1S/C18H13F3N2O2/c1-11-8-13(4-7-17(11)24)15-9-16(23(25)10-22-15)12-2-5-14(6-3-12)18(19,20)21/h2-10,24H,1H3. The summed E-state index contributed by atoms with van der Waals surface area (Å²) in [6.07, 6.45) is -3.37. The van der Waals surface area contributed by atoms with Gasteiger partial charge in [-0.1, -0.05) is 12.1 Å². The average molecular weight is 346 g/mol. The highest BCUT2D eigenvalue weighted by Crippen LogP contribution is 2.31. The van der Waals surface area contributed by atoms with E-state index in [4.69, 9.17) is 0 Å². The highest BCUT2D eigenvalue weighted by molar-refractivity contribution is 5.67. The number of hydrogen-bond acceptors (Lipinski definition) is 3. The predicted octanol–water partition coefficient (Wildman–Crippen LogP) is 4.08. The van der Waals surface area contributed by atoms with Gasteiger partial charge < -0.3 is 10.3 Å². The first-order valence-corrected chi connectivity index (χ1v) is 7.32. The molecule has 1 heterocycles. The third-order valence-electron chi connectivity index (χ3n) is 3.81. The van der Waals surface area contributed by atoms with Gasteiger partial charge >= 0.3 is 6.18 Å². The van der Waals surface area contributed by atoms with E-state index >= 15 is 0 Å². The van der Waals surface area contributed by atoms with Crippen LogP contribution in [-0.4, -0.2) is 10.1 Å². The van der Waals surface area contributed by atoms with Crippen molar-refractivity contribution in [1.82, 2.24) is 4.98 Å². The lowest BCUT2D eigenvalue weighted by molar-refractivity contribution is -0.597. The van der Waals surface area contributed by atoms with Gasteiger partial charge in [-0.05, 0) is 47.8 Å². The Morgan fingerprint density at radius 1 is 1.00 bits per heavy atom. The van der Waals surface area contributed by atoms with Crippen molar-refractivity contribution in [1.29, 1.82) is 0 Å². The molecule has 0 aliphatic rings. The zero-order valence-corrected chi connectivity index (χ0v) is 13.1. The third-order valence-corrected chi connectivity index (χ3v) is 3.81. The van der Waals surface area contributed by atoms with Crippen LogP contribution in [0.4, 0.5) is 13.2 Å². The number of halogens is 3. The fraction of sp³-hybridized carbons (Fsp3) is 0.111. The van der Waals surface area contributed by atoms with E-state index in [-0.39, 0.29) is 11.4 Å². The number of aromatic hydroxyl groups is 1. The molecular formula is C18H13F3N2O2. The van der Waals surface area contributed by atoms with Gasteiger partial charge in [0.05, 0.1) is 5.56 Å². The maximum atomic E-state index is 12.7. The number of aryl methyl sites for hydroxylation is 1. The van der Waals surface area contributed by atoms with Crippen LogP contribution < -0.4 is 4.73 Å². The molecule has 1 N–H and O–H groups in total. The van der Waals surface area contributed by atoms with Crippen molar-refractivity contribution in [3.63, 3.8) is 0 Å². The lowest BCUT2D eigenvalue weighted by Crippen LogP contribution is -2.29. The molecule has 2 aromatic carbocycles. The zero-order chi connectivity index (χ0) is 18.2. The lowest BCUT2D eigenvalue weighted by atomic mass is 10.0. The Hall–Kier alpha value is -3.09. The normalized spacial score (nSPS) is 11.5. The van der Waals surface area contributed by atoms with Crippen molar-refractivity contribution in [2.45, 2.75) is 13.1 Å². The number of aromatic nitrogens is 2. The molecule has 0 amide bonds. The summed E-state index contributed by atoms with van der Waals surface area (Å²) in [6.45, 7) is 1.73. The largest absolute Gasteiger partial charge is 0.710 e. The van der Waals surface area contributed by atoms with Crippen LogP contribution >= 0.6 is 0 Å². The summed E-state index contributed by atoms with van der Waals surface area (Å²) < 4.78 is 38.5. The van der Waals surface area contributed by atoms with Crippen LogP contribution in [0.3, 0.4) is 0 Å². The molecule has 0 saturated carbocycles. The Balaban J connectivity index is 2.03. The molecule has 0 unspecified atom stereocenters. The molecule has 128 valence electrons. The van der Waals surface area contributed by atoms with Crippen molar-refractivity contribution in [2.24, 2.45) is 0 Å². The number of hydrogen-bond donors (Lipinski definition) is 1. The van der Waals surface area contributed by atoms with Gasteiger partial charge in [-0.2, -0.15) is 13.2 Å². The maximum Gasteiger partial charge on any atom is 0.416 e. The van der Waals surface area contributed by atoms with Crippen molar-refractivity contribution < 1.29 is 23.0 Å². The van der Waals surface area contributed by atoms with Crippen LogP contribution in [0.5, 0.6) is 5.75 Å². The van der Waals surface area contributed by atoms with Crippen LogP contribution in [0.1, 0.15) is 11.1 Å². The topological polar surface area (TPSA) is 60.1 Å². The summed E-state index contributed by atoms with van der Waals surface area (Å²) in [5, 5.41) is 21.6. The van der Waals surface area contributed by atoms with Gasteiger partial charge in [-0.3, -0.25) is 0 Å². The van der Waals surface area contributed by atoms with Crippen molar-refractivity contribution in [3.8, 4) is 28.3 Å². The van der Waals surface area contributed by atoms with Gasteiger partial charge in [-0.15, -0.1) is 0 Å². The molecule has 0 spiro atoms. The van der Waals surface area contributed by atoms with E-state index in [1.165, 1.54) is 24.3 Å². The minimum absolute atomic E-state index is 0.140. The van der Waals surface area contributed by atoms with Crippen LogP contribution in [-0.2, 0) is 6.18 Å². The Bertz CT molecular complexity index is 923. The number of alkyl halides is 3. The van der Waals surface area contributed by atoms with Crippen LogP contribution in [0, 0.1) is 12.1 Å². The fourth-order valence-electron chi connectivity index (χ4n) is 2.42. The van der Waals surface area contributed by atoms with E-state index in [1.54, 1.807) is 19.1 Å². The first-order valence-electron chi connectivity index (χ1n) is 7.32. The zero-order valence-electron chi connectivity index (χ0n) is 13.1. The van der Waals surface area contributed by atoms with Gasteiger partial charge in [0.25, 0.3) is 6.33 Å². The Labute approximate surface area is 141 Å². The van der Waals surface area contributed by atoms with Crippen LogP contribution in [0.15, 0.2) is 54.9 Å². The second-order valence-electron chi connectivity index (χ2n) is 5.56. The number of rotatable bonds is 2. The molecule has 0 atom stereocenters. The molecule has 7 heteroatoms. The molecule has 0 fully saturated rings. The molecule has 3 aromatic rings. The summed E-state index contributed by atoms with van der Waals surface area (Å²) >= 11 is 0. The van der Waals surface area contributed by atoms with E-state index in [0.29, 0.717) is 27.1 Å². The second-order valence-corrected chi connectivity index (χ2v) is 5.56. The summed E-state index contributed by atoms with van der Waals surface area (Å²) in [5.41, 5.74) is 1.56. The van der Waals surface area contributed by atoms with Gasteiger partial charge in [-0.25, -0.2) is 4.73 Å². The van der Waals surface area contributed by atoms with Crippen molar-refractivity contribution in [2.75, 3.05) is 0 Å². The minimum Gasteiger partial charge on any atom is -0.710 e. The quantitative estimate of drug-likeness (QED) is 0.562. The molecule has 4 nitrogen and oxygen atoms in total. The molecule has 3 rings (SSSR count). The van der Waals surface area contributed by atoms with E-state index < -0.39 is 11.7 Å². The molecule has 0 aliphatic heterocycles. The Kier molecular flexibility index (Phi) is 4.08. The predicted molar refractivity (Wildman–Crippen MR) is 85.5 cm³/mol. The van der Waals surface area contributed by atoms with Gasteiger partial charge in [0, 0.05) is 17.2 Å². The highest BCUT2D eigenvalue weighted by atomic mass is 19.4. The second kappa shape index (κ2) is 6.08. The van der Waals surface area contributed by atoms with E-state index in [9.17, 15) is 23.5 Å². The average Bonchev–Trinajstić information content (AvgIpc) is 2.57. The summed E-state index contributed by atoms with van der Waals surface area (Å²) in [6, 6.07) is 10.7. The highest BCUT2D eigenvalue weighted by Gasteiger charge is 2.30. The smallest absolute Gasteiger partial charge is 0.416 e. The molecule has 0 radical (unpaired) electrons. The summed E-state index contributed by atoms with van der Waals surface area (Å²) in [4.78, 5) is 4.05. The van der Waals surface area contributed by atoms with E-state index in [1.807, 2.05) is 0 Å². The van der Waals surface area contributed by atoms with E-state index in [0.717, 1.165) is 18.5 Å². The summed E-state index contributed by atoms with van der Waals surface area (Å²) in [5.74, 6) is 0.140. The minimum atomic E-state index is -4.43. The molecule has 1 aromatic heterocycles. The molecule has 25 heavy (non-hydrogen) atoms. The number of phenols is 1. The number of phenolic OH excluding ortho intramolecular Hbond substituents is 1. The summed E-state index contributed by atoms with van der Waals surface area (Å²) in [7, 11) is 0. The molecule has 0 aliphatic carbocycles. The first kappa shape index (κ1) is 16.8. The van der Waals surface area contributed by atoms with Crippen LogP contribution in [0.25, 0.3) is 22.5 Å². The van der Waals surface area contributed by atoms with Gasteiger partial charge in [0.1, 0.15) is 11.4 Å². The van der Waals surface area contributed by atoms with Crippen molar-refractivity contribution in [3.05, 3.63) is 71.2 Å². The molecule has 0 bridgehead atoms. The number of benzene rings is 2. The SMILES string of the molecule is Cc1cc(-c2cc(-c3ccc(C(F)(F)F)cc3)[n+]([O-])cn2)ccc1O. The fourth-order valence-corrected chi connectivity index (χ4v) is 2.42. The Morgan fingerprint density at radius 2 is 1.64 bits per heavy atom. The first-order chi connectivity index (χ1) is 11.8.